The van der Waals surface area contributed by atoms with Gasteiger partial charge in [0.2, 0.25) is 0 Å². The molecule has 88 valence electrons. The number of benzene rings is 1. The SMILES string of the molecule is CCCN1CC[C@@H](Oc2ccc(F)cc2)C1. The molecule has 0 amide bonds. The molecule has 0 bridgehead atoms. The fourth-order valence-corrected chi connectivity index (χ4v) is 2.12. The Morgan fingerprint density at radius 1 is 1.38 bits per heavy atom. The summed E-state index contributed by atoms with van der Waals surface area (Å²) in [6.45, 7) is 5.43. The number of likely N-dealkylation sites (tertiary alicyclic amines) is 1. The summed E-state index contributed by atoms with van der Waals surface area (Å²) in [4.78, 5) is 2.41. The zero-order chi connectivity index (χ0) is 11.4. The average Bonchev–Trinajstić information content (AvgIpc) is 2.70. The Bertz CT molecular complexity index is 325. The van der Waals surface area contributed by atoms with Crippen molar-refractivity contribution in [2.24, 2.45) is 0 Å². The average molecular weight is 223 g/mol. The van der Waals surface area contributed by atoms with Gasteiger partial charge in [-0.25, -0.2) is 4.39 Å². The lowest BCUT2D eigenvalue weighted by Crippen LogP contribution is -2.25. The van der Waals surface area contributed by atoms with Crippen molar-refractivity contribution in [1.82, 2.24) is 4.90 Å². The number of halogens is 1. The van der Waals surface area contributed by atoms with Gasteiger partial charge in [-0.15, -0.1) is 0 Å². The molecule has 1 aliphatic heterocycles. The smallest absolute Gasteiger partial charge is 0.123 e. The second-order valence-electron chi connectivity index (χ2n) is 4.28. The predicted octanol–water partition coefficient (Wildman–Crippen LogP) is 2.69. The van der Waals surface area contributed by atoms with E-state index in [2.05, 4.69) is 11.8 Å². The van der Waals surface area contributed by atoms with Crippen molar-refractivity contribution in [2.45, 2.75) is 25.9 Å². The molecule has 3 heteroatoms. The lowest BCUT2D eigenvalue weighted by molar-refractivity contribution is 0.200. The number of ether oxygens (including phenoxy) is 1. The van der Waals surface area contributed by atoms with Crippen LogP contribution in [0.3, 0.4) is 0 Å². The highest BCUT2D eigenvalue weighted by Crippen LogP contribution is 2.18. The molecule has 0 saturated carbocycles. The number of rotatable bonds is 4. The summed E-state index contributed by atoms with van der Waals surface area (Å²) in [5, 5.41) is 0. The summed E-state index contributed by atoms with van der Waals surface area (Å²) >= 11 is 0. The normalized spacial score (nSPS) is 21.2. The van der Waals surface area contributed by atoms with Crippen molar-refractivity contribution in [1.29, 1.82) is 0 Å². The van der Waals surface area contributed by atoms with Gasteiger partial charge >= 0.3 is 0 Å². The summed E-state index contributed by atoms with van der Waals surface area (Å²) in [7, 11) is 0. The van der Waals surface area contributed by atoms with Gasteiger partial charge in [0, 0.05) is 13.1 Å². The Balaban J connectivity index is 1.84. The van der Waals surface area contributed by atoms with Gasteiger partial charge in [0.15, 0.2) is 0 Å². The summed E-state index contributed by atoms with van der Waals surface area (Å²) in [6.07, 6.45) is 2.51. The van der Waals surface area contributed by atoms with Crippen molar-refractivity contribution in [3.8, 4) is 5.75 Å². The second kappa shape index (κ2) is 5.30. The van der Waals surface area contributed by atoms with Gasteiger partial charge in [0.1, 0.15) is 17.7 Å². The van der Waals surface area contributed by atoms with Gasteiger partial charge in [0.25, 0.3) is 0 Å². The van der Waals surface area contributed by atoms with E-state index in [1.165, 1.54) is 18.6 Å². The molecule has 0 aromatic heterocycles. The molecule has 1 atom stereocenters. The molecule has 1 fully saturated rings. The van der Waals surface area contributed by atoms with Gasteiger partial charge in [-0.1, -0.05) is 6.92 Å². The van der Waals surface area contributed by atoms with E-state index in [0.29, 0.717) is 0 Å². The number of nitrogens with zero attached hydrogens (tertiary/aromatic N) is 1. The third-order valence-corrected chi connectivity index (χ3v) is 2.89. The Morgan fingerprint density at radius 2 is 2.12 bits per heavy atom. The van der Waals surface area contributed by atoms with Gasteiger partial charge in [0.05, 0.1) is 0 Å². The standard InChI is InChI=1S/C13H18FNO/c1-2-8-15-9-7-13(10-15)16-12-5-3-11(14)4-6-12/h3-6,13H,2,7-10H2,1H3/t13-/m1/s1. The predicted molar refractivity (Wildman–Crippen MR) is 62.2 cm³/mol. The summed E-state index contributed by atoms with van der Waals surface area (Å²) in [6, 6.07) is 6.26. The Kier molecular flexibility index (Phi) is 3.78. The first-order valence-corrected chi connectivity index (χ1v) is 5.92. The van der Waals surface area contributed by atoms with Crippen LogP contribution in [0.5, 0.6) is 5.75 Å². The van der Waals surface area contributed by atoms with E-state index in [1.54, 1.807) is 12.1 Å². The van der Waals surface area contributed by atoms with Crippen LogP contribution in [0, 0.1) is 5.82 Å². The van der Waals surface area contributed by atoms with Crippen LogP contribution in [-0.2, 0) is 0 Å². The molecule has 1 aliphatic rings. The lowest BCUT2D eigenvalue weighted by atomic mass is 10.3. The molecule has 0 N–H and O–H groups in total. The maximum Gasteiger partial charge on any atom is 0.123 e. The molecule has 16 heavy (non-hydrogen) atoms. The van der Waals surface area contributed by atoms with Crippen LogP contribution in [-0.4, -0.2) is 30.6 Å². The minimum absolute atomic E-state index is 0.216. The second-order valence-corrected chi connectivity index (χ2v) is 4.28. The Hall–Kier alpha value is -1.09. The fraction of sp³-hybridized carbons (Fsp3) is 0.538. The zero-order valence-electron chi connectivity index (χ0n) is 9.66. The van der Waals surface area contributed by atoms with E-state index < -0.39 is 0 Å². The molecule has 0 unspecified atom stereocenters. The zero-order valence-corrected chi connectivity index (χ0v) is 9.66. The molecule has 1 aromatic carbocycles. The van der Waals surface area contributed by atoms with E-state index in [-0.39, 0.29) is 11.9 Å². The quantitative estimate of drug-likeness (QED) is 0.778. The molecule has 2 rings (SSSR count). The third kappa shape index (κ3) is 2.95. The molecule has 0 aliphatic carbocycles. The van der Waals surface area contributed by atoms with E-state index in [9.17, 15) is 4.39 Å². The van der Waals surface area contributed by atoms with Gasteiger partial charge in [-0.05, 0) is 43.7 Å². The molecular weight excluding hydrogens is 205 g/mol. The number of hydrogen-bond donors (Lipinski definition) is 0. The molecule has 0 radical (unpaired) electrons. The van der Waals surface area contributed by atoms with Crippen LogP contribution in [0.1, 0.15) is 19.8 Å². The lowest BCUT2D eigenvalue weighted by Gasteiger charge is -2.15. The third-order valence-electron chi connectivity index (χ3n) is 2.89. The Labute approximate surface area is 96.0 Å². The van der Waals surface area contributed by atoms with Crippen molar-refractivity contribution in [3.05, 3.63) is 30.1 Å². The van der Waals surface area contributed by atoms with E-state index >= 15 is 0 Å². The van der Waals surface area contributed by atoms with Gasteiger partial charge in [-0.3, -0.25) is 4.90 Å². The van der Waals surface area contributed by atoms with Crippen molar-refractivity contribution >= 4 is 0 Å². The first-order chi connectivity index (χ1) is 7.78. The molecular formula is C13H18FNO. The molecule has 0 spiro atoms. The van der Waals surface area contributed by atoms with Crippen LogP contribution in [0.15, 0.2) is 24.3 Å². The summed E-state index contributed by atoms with van der Waals surface area (Å²) in [5.74, 6) is 0.552. The highest BCUT2D eigenvalue weighted by Gasteiger charge is 2.22. The van der Waals surface area contributed by atoms with E-state index in [4.69, 9.17) is 4.74 Å². The maximum atomic E-state index is 12.7. The monoisotopic (exact) mass is 223 g/mol. The van der Waals surface area contributed by atoms with Crippen LogP contribution in [0.4, 0.5) is 4.39 Å². The highest BCUT2D eigenvalue weighted by atomic mass is 19.1. The van der Waals surface area contributed by atoms with Crippen molar-refractivity contribution in [3.63, 3.8) is 0 Å². The van der Waals surface area contributed by atoms with Crippen LogP contribution >= 0.6 is 0 Å². The van der Waals surface area contributed by atoms with Crippen LogP contribution in [0.25, 0.3) is 0 Å². The van der Waals surface area contributed by atoms with Crippen molar-refractivity contribution in [2.75, 3.05) is 19.6 Å². The van der Waals surface area contributed by atoms with Crippen molar-refractivity contribution < 1.29 is 9.13 Å². The first kappa shape index (κ1) is 11.4. The molecule has 1 saturated heterocycles. The fourth-order valence-electron chi connectivity index (χ4n) is 2.12. The van der Waals surface area contributed by atoms with Gasteiger partial charge in [-0.2, -0.15) is 0 Å². The number of hydrogen-bond acceptors (Lipinski definition) is 2. The molecule has 1 heterocycles. The summed E-state index contributed by atoms with van der Waals surface area (Å²) in [5.41, 5.74) is 0. The topological polar surface area (TPSA) is 12.5 Å². The largest absolute Gasteiger partial charge is 0.489 e. The first-order valence-electron chi connectivity index (χ1n) is 5.92. The molecule has 2 nitrogen and oxygen atoms in total. The Morgan fingerprint density at radius 3 is 2.81 bits per heavy atom. The highest BCUT2D eigenvalue weighted by molar-refractivity contribution is 5.22. The summed E-state index contributed by atoms with van der Waals surface area (Å²) < 4.78 is 18.5. The van der Waals surface area contributed by atoms with E-state index in [1.807, 2.05) is 0 Å². The minimum atomic E-state index is -0.216. The van der Waals surface area contributed by atoms with Gasteiger partial charge < -0.3 is 4.74 Å². The minimum Gasteiger partial charge on any atom is -0.489 e. The van der Waals surface area contributed by atoms with E-state index in [0.717, 1.165) is 31.8 Å². The van der Waals surface area contributed by atoms with Crippen LogP contribution < -0.4 is 4.74 Å². The van der Waals surface area contributed by atoms with Crippen LogP contribution in [0.2, 0.25) is 0 Å². The molecule has 1 aromatic rings. The maximum absolute atomic E-state index is 12.7.